The number of hydrogen-bond donors (Lipinski definition) is 1. The highest BCUT2D eigenvalue weighted by Gasteiger charge is 2.27. The molecule has 1 unspecified atom stereocenters. The molecule has 8 heteroatoms. The summed E-state index contributed by atoms with van der Waals surface area (Å²) in [4.78, 5) is 24.9. The number of nitrogens with zero attached hydrogens (tertiary/aromatic N) is 1. The second-order valence-electron chi connectivity index (χ2n) is 8.37. The molecule has 0 saturated carbocycles. The molecule has 0 bridgehead atoms. The molecule has 1 heterocycles. The van der Waals surface area contributed by atoms with Crippen LogP contribution in [0.4, 0.5) is 0 Å². The molecule has 1 aliphatic heterocycles. The smallest absolute Gasteiger partial charge is 0.338 e. The number of sulfonamides is 1. The van der Waals surface area contributed by atoms with Gasteiger partial charge in [-0.05, 0) is 55.0 Å². The number of hydrogen-bond acceptors (Lipinski definition) is 5. The van der Waals surface area contributed by atoms with Crippen molar-refractivity contribution in [3.8, 4) is 0 Å². The topological polar surface area (TPSA) is 92.8 Å². The highest BCUT2D eigenvalue weighted by atomic mass is 32.2. The van der Waals surface area contributed by atoms with Gasteiger partial charge in [0, 0.05) is 13.1 Å². The number of rotatable bonds is 9. The molecular formula is C24H30N2O5S. The van der Waals surface area contributed by atoms with E-state index in [1.54, 1.807) is 0 Å². The normalized spacial score (nSPS) is 15.5. The summed E-state index contributed by atoms with van der Waals surface area (Å²) in [6, 6.07) is 15.1. The third-order valence-electron chi connectivity index (χ3n) is 5.37. The lowest BCUT2D eigenvalue weighted by Gasteiger charge is -2.21. The van der Waals surface area contributed by atoms with Crippen LogP contribution in [0.5, 0.6) is 0 Å². The van der Waals surface area contributed by atoms with Crippen molar-refractivity contribution in [1.29, 1.82) is 0 Å². The predicted molar refractivity (Wildman–Crippen MR) is 121 cm³/mol. The fourth-order valence-corrected chi connectivity index (χ4v) is 5.24. The molecule has 0 spiro atoms. The second-order valence-corrected chi connectivity index (χ2v) is 10.3. The van der Waals surface area contributed by atoms with E-state index in [1.807, 2.05) is 30.3 Å². The van der Waals surface area contributed by atoms with Crippen LogP contribution in [0.15, 0.2) is 59.5 Å². The van der Waals surface area contributed by atoms with Gasteiger partial charge in [0.25, 0.3) is 5.91 Å². The standard InChI is InChI=1S/C24H30N2O5S/c1-18(2)16-22(19-8-4-3-5-9-19)25-23(27)17-31-24(28)20-10-12-21(13-11-20)32(29,30)26-14-6-7-15-26/h3-5,8-13,18,22H,6-7,14-17H2,1-2H3,(H,25,27). The third kappa shape index (κ3) is 6.17. The van der Waals surface area contributed by atoms with Crippen molar-refractivity contribution >= 4 is 21.9 Å². The Bertz CT molecular complexity index is 1010. The Balaban J connectivity index is 1.57. The molecule has 1 saturated heterocycles. The first kappa shape index (κ1) is 23.9. The Hall–Kier alpha value is -2.71. The number of carbonyl (C=O) groups excluding carboxylic acids is 2. The lowest BCUT2D eigenvalue weighted by atomic mass is 9.97. The first-order valence-electron chi connectivity index (χ1n) is 10.9. The van der Waals surface area contributed by atoms with E-state index >= 15 is 0 Å². The number of benzene rings is 2. The van der Waals surface area contributed by atoms with Crippen molar-refractivity contribution in [2.45, 2.75) is 44.0 Å². The van der Waals surface area contributed by atoms with Crippen LogP contribution in [0.2, 0.25) is 0 Å². The molecule has 0 aromatic heterocycles. The second kappa shape index (κ2) is 10.7. The molecule has 7 nitrogen and oxygen atoms in total. The van der Waals surface area contributed by atoms with Crippen LogP contribution in [0, 0.1) is 5.92 Å². The summed E-state index contributed by atoms with van der Waals surface area (Å²) in [7, 11) is -3.54. The fourth-order valence-electron chi connectivity index (χ4n) is 3.73. The Morgan fingerprint density at radius 2 is 1.62 bits per heavy atom. The van der Waals surface area contributed by atoms with Crippen LogP contribution in [-0.4, -0.2) is 44.3 Å². The predicted octanol–water partition coefficient (Wildman–Crippen LogP) is 3.53. The molecule has 1 fully saturated rings. The van der Waals surface area contributed by atoms with Crippen molar-refractivity contribution in [2.75, 3.05) is 19.7 Å². The van der Waals surface area contributed by atoms with Crippen molar-refractivity contribution in [1.82, 2.24) is 9.62 Å². The molecule has 1 N–H and O–H groups in total. The van der Waals surface area contributed by atoms with Gasteiger partial charge in [0.2, 0.25) is 10.0 Å². The fraction of sp³-hybridized carbons (Fsp3) is 0.417. The third-order valence-corrected chi connectivity index (χ3v) is 7.28. The number of amides is 1. The van der Waals surface area contributed by atoms with Gasteiger partial charge in [-0.15, -0.1) is 0 Å². The summed E-state index contributed by atoms with van der Waals surface area (Å²) in [6.45, 7) is 4.78. The Morgan fingerprint density at radius 3 is 2.22 bits per heavy atom. The van der Waals surface area contributed by atoms with E-state index < -0.39 is 22.6 Å². The summed E-state index contributed by atoms with van der Waals surface area (Å²) in [6.07, 6.45) is 2.47. The van der Waals surface area contributed by atoms with E-state index in [0.29, 0.717) is 19.0 Å². The first-order valence-corrected chi connectivity index (χ1v) is 12.3. The lowest BCUT2D eigenvalue weighted by Crippen LogP contribution is -2.33. The van der Waals surface area contributed by atoms with Gasteiger partial charge in [-0.2, -0.15) is 4.31 Å². The van der Waals surface area contributed by atoms with Crippen molar-refractivity contribution < 1.29 is 22.7 Å². The van der Waals surface area contributed by atoms with E-state index in [0.717, 1.165) is 24.8 Å². The van der Waals surface area contributed by atoms with Crippen LogP contribution in [0.3, 0.4) is 0 Å². The summed E-state index contributed by atoms with van der Waals surface area (Å²) in [5.41, 5.74) is 1.19. The van der Waals surface area contributed by atoms with Gasteiger partial charge in [0.15, 0.2) is 6.61 Å². The quantitative estimate of drug-likeness (QED) is 0.581. The van der Waals surface area contributed by atoms with Gasteiger partial charge in [-0.3, -0.25) is 4.79 Å². The minimum absolute atomic E-state index is 0.146. The monoisotopic (exact) mass is 458 g/mol. The maximum atomic E-state index is 12.6. The number of ether oxygens (including phenoxy) is 1. The summed E-state index contributed by atoms with van der Waals surface area (Å²) >= 11 is 0. The van der Waals surface area contributed by atoms with Gasteiger partial charge in [-0.1, -0.05) is 44.2 Å². The molecule has 0 radical (unpaired) electrons. The van der Waals surface area contributed by atoms with Crippen molar-refractivity contribution in [3.63, 3.8) is 0 Å². The Kier molecular flexibility index (Phi) is 8.04. The molecular weight excluding hydrogens is 428 g/mol. The van der Waals surface area contributed by atoms with Gasteiger partial charge in [-0.25, -0.2) is 13.2 Å². The zero-order valence-corrected chi connectivity index (χ0v) is 19.3. The molecule has 172 valence electrons. The Labute approximate surface area is 189 Å². The van der Waals surface area contributed by atoms with Crippen LogP contribution < -0.4 is 5.32 Å². The largest absolute Gasteiger partial charge is 0.452 e. The van der Waals surface area contributed by atoms with E-state index in [2.05, 4.69) is 19.2 Å². The maximum Gasteiger partial charge on any atom is 0.338 e. The molecule has 3 rings (SSSR count). The zero-order chi connectivity index (χ0) is 23.1. The molecule has 0 aliphatic carbocycles. The van der Waals surface area contributed by atoms with Crippen LogP contribution in [0.25, 0.3) is 0 Å². The molecule has 1 atom stereocenters. The summed E-state index contributed by atoms with van der Waals surface area (Å²) < 4.78 is 31.8. The van der Waals surface area contributed by atoms with Gasteiger partial charge in [0.05, 0.1) is 16.5 Å². The van der Waals surface area contributed by atoms with E-state index in [1.165, 1.54) is 28.6 Å². The van der Waals surface area contributed by atoms with E-state index in [-0.39, 0.29) is 22.4 Å². The molecule has 2 aromatic rings. The molecule has 2 aromatic carbocycles. The van der Waals surface area contributed by atoms with Gasteiger partial charge >= 0.3 is 5.97 Å². The van der Waals surface area contributed by atoms with Gasteiger partial charge in [0.1, 0.15) is 0 Å². The average Bonchev–Trinajstić information content (AvgIpc) is 3.33. The molecule has 1 aliphatic rings. The van der Waals surface area contributed by atoms with Crippen molar-refractivity contribution in [2.24, 2.45) is 5.92 Å². The average molecular weight is 459 g/mol. The Morgan fingerprint density at radius 1 is 1.00 bits per heavy atom. The molecule has 32 heavy (non-hydrogen) atoms. The lowest BCUT2D eigenvalue weighted by molar-refractivity contribution is -0.125. The minimum atomic E-state index is -3.54. The highest BCUT2D eigenvalue weighted by Crippen LogP contribution is 2.22. The minimum Gasteiger partial charge on any atom is -0.452 e. The van der Waals surface area contributed by atoms with Crippen LogP contribution in [-0.2, 0) is 19.6 Å². The number of esters is 1. The zero-order valence-electron chi connectivity index (χ0n) is 18.5. The molecule has 1 amide bonds. The number of carbonyl (C=O) groups is 2. The SMILES string of the molecule is CC(C)CC(NC(=O)COC(=O)c1ccc(S(=O)(=O)N2CCCC2)cc1)c1ccccc1. The van der Waals surface area contributed by atoms with Crippen LogP contribution in [0.1, 0.15) is 55.1 Å². The van der Waals surface area contributed by atoms with E-state index in [9.17, 15) is 18.0 Å². The van der Waals surface area contributed by atoms with E-state index in [4.69, 9.17) is 4.74 Å². The van der Waals surface area contributed by atoms with Gasteiger partial charge < -0.3 is 10.1 Å². The van der Waals surface area contributed by atoms with Crippen molar-refractivity contribution in [3.05, 3.63) is 65.7 Å². The number of nitrogens with one attached hydrogen (secondary N) is 1. The first-order chi connectivity index (χ1) is 15.3. The summed E-state index contributed by atoms with van der Waals surface area (Å²) in [5, 5.41) is 2.93. The highest BCUT2D eigenvalue weighted by molar-refractivity contribution is 7.89. The van der Waals surface area contributed by atoms with Crippen LogP contribution >= 0.6 is 0 Å². The maximum absolute atomic E-state index is 12.6. The summed E-state index contributed by atoms with van der Waals surface area (Å²) in [5.74, 6) is -0.690.